The van der Waals surface area contributed by atoms with Gasteiger partial charge in [-0.05, 0) is 43.5 Å². The second kappa shape index (κ2) is 9.30. The molecule has 2 aromatic carbocycles. The van der Waals surface area contributed by atoms with Crippen LogP contribution in [0.5, 0.6) is 11.5 Å². The second-order valence-electron chi connectivity index (χ2n) is 7.31. The number of carbonyl (C=O) groups is 1. The van der Waals surface area contributed by atoms with Crippen molar-refractivity contribution in [1.82, 2.24) is 14.9 Å². The molecule has 9 heteroatoms. The van der Waals surface area contributed by atoms with Gasteiger partial charge in [0.25, 0.3) is 0 Å². The summed E-state index contributed by atoms with van der Waals surface area (Å²) in [5, 5.41) is 8.69. The zero-order valence-corrected chi connectivity index (χ0v) is 18.3. The maximum absolute atomic E-state index is 13.0. The summed E-state index contributed by atoms with van der Waals surface area (Å²) < 4.78 is 12.3. The SMILES string of the molecule is COc1cccc(OCc2nnc(SCC(=O)N3c4ccccc4CCC3C)n2N)c1. The van der Waals surface area contributed by atoms with Gasteiger partial charge in [-0.15, -0.1) is 10.2 Å². The Morgan fingerprint density at radius 3 is 2.84 bits per heavy atom. The lowest BCUT2D eigenvalue weighted by Gasteiger charge is -2.35. The first-order valence-electron chi connectivity index (χ1n) is 10.1. The Kier molecular flexibility index (Phi) is 6.31. The van der Waals surface area contributed by atoms with Crippen LogP contribution in [0, 0.1) is 0 Å². The Balaban J connectivity index is 1.38. The van der Waals surface area contributed by atoms with Gasteiger partial charge < -0.3 is 20.2 Å². The van der Waals surface area contributed by atoms with Crippen molar-refractivity contribution in [1.29, 1.82) is 0 Å². The Morgan fingerprint density at radius 1 is 1.19 bits per heavy atom. The molecule has 2 heterocycles. The Hall–Kier alpha value is -3.20. The van der Waals surface area contributed by atoms with E-state index < -0.39 is 0 Å². The van der Waals surface area contributed by atoms with Gasteiger partial charge in [0.1, 0.15) is 18.1 Å². The molecular weight excluding hydrogens is 414 g/mol. The third-order valence-electron chi connectivity index (χ3n) is 5.26. The maximum Gasteiger partial charge on any atom is 0.237 e. The zero-order valence-electron chi connectivity index (χ0n) is 17.5. The normalized spacial score (nSPS) is 15.4. The molecule has 3 aromatic rings. The molecule has 4 rings (SSSR count). The molecule has 0 bridgehead atoms. The first-order valence-corrected chi connectivity index (χ1v) is 11.0. The van der Waals surface area contributed by atoms with Crippen LogP contribution in [0.25, 0.3) is 0 Å². The first kappa shape index (κ1) is 21.0. The molecule has 1 amide bonds. The number of aryl methyl sites for hydroxylation is 1. The monoisotopic (exact) mass is 439 g/mol. The molecule has 0 saturated carbocycles. The summed E-state index contributed by atoms with van der Waals surface area (Å²) >= 11 is 1.27. The molecule has 1 unspecified atom stereocenters. The molecule has 31 heavy (non-hydrogen) atoms. The highest BCUT2D eigenvalue weighted by Gasteiger charge is 2.28. The Labute approximate surface area is 185 Å². The molecule has 1 aromatic heterocycles. The number of nitrogens with two attached hydrogens (primary N) is 1. The summed E-state index contributed by atoms with van der Waals surface area (Å²) in [6.45, 7) is 2.24. The molecule has 0 fully saturated rings. The number of fused-ring (bicyclic) bond motifs is 1. The van der Waals surface area contributed by atoms with Gasteiger partial charge in [0.15, 0.2) is 5.82 Å². The van der Waals surface area contributed by atoms with E-state index in [1.165, 1.54) is 22.0 Å². The van der Waals surface area contributed by atoms with Crippen LogP contribution in [0.15, 0.2) is 53.7 Å². The van der Waals surface area contributed by atoms with Gasteiger partial charge in [-0.2, -0.15) is 0 Å². The summed E-state index contributed by atoms with van der Waals surface area (Å²) in [4.78, 5) is 14.9. The number of nitrogens with zero attached hydrogens (tertiary/aromatic N) is 4. The Bertz CT molecular complexity index is 1070. The van der Waals surface area contributed by atoms with E-state index in [2.05, 4.69) is 23.2 Å². The van der Waals surface area contributed by atoms with Crippen LogP contribution < -0.4 is 20.2 Å². The quantitative estimate of drug-likeness (QED) is 0.446. The summed E-state index contributed by atoms with van der Waals surface area (Å²) in [6.07, 6.45) is 1.94. The van der Waals surface area contributed by atoms with E-state index in [9.17, 15) is 4.79 Å². The standard InChI is InChI=1S/C22H25N5O3S/c1-15-10-11-16-6-3-4-9-19(16)26(15)21(28)14-31-22-25-24-20(27(22)23)13-30-18-8-5-7-17(12-18)29-2/h3-9,12,15H,10-11,13-14,23H2,1-2H3. The minimum Gasteiger partial charge on any atom is -0.497 e. The van der Waals surface area contributed by atoms with E-state index in [0.717, 1.165) is 18.5 Å². The predicted molar refractivity (Wildman–Crippen MR) is 120 cm³/mol. The number of ether oxygens (including phenoxy) is 2. The number of methoxy groups -OCH3 is 1. The van der Waals surface area contributed by atoms with Crippen LogP contribution in [0.3, 0.4) is 0 Å². The first-order chi connectivity index (χ1) is 15.1. The minimum atomic E-state index is 0.0295. The van der Waals surface area contributed by atoms with E-state index in [1.807, 2.05) is 41.3 Å². The summed E-state index contributed by atoms with van der Waals surface area (Å²) in [7, 11) is 1.60. The lowest BCUT2D eigenvalue weighted by atomic mass is 9.97. The van der Waals surface area contributed by atoms with Gasteiger partial charge in [0.05, 0.1) is 12.9 Å². The lowest BCUT2D eigenvalue weighted by molar-refractivity contribution is -0.116. The molecule has 0 spiro atoms. The van der Waals surface area contributed by atoms with Crippen LogP contribution in [0.4, 0.5) is 5.69 Å². The van der Waals surface area contributed by atoms with Crippen molar-refractivity contribution in [2.45, 2.75) is 37.6 Å². The molecule has 0 aliphatic carbocycles. The average Bonchev–Trinajstić information content (AvgIpc) is 3.15. The molecular formula is C22H25N5O3S. The molecule has 0 saturated heterocycles. The molecule has 0 radical (unpaired) electrons. The van der Waals surface area contributed by atoms with Crippen molar-refractivity contribution in [3.8, 4) is 11.5 Å². The third-order valence-corrected chi connectivity index (χ3v) is 6.19. The van der Waals surface area contributed by atoms with Crippen molar-refractivity contribution >= 4 is 23.4 Å². The number of benzene rings is 2. The molecule has 1 aliphatic rings. The number of hydrogen-bond donors (Lipinski definition) is 1. The Morgan fingerprint density at radius 2 is 2.00 bits per heavy atom. The number of amides is 1. The predicted octanol–water partition coefficient (Wildman–Crippen LogP) is 3.04. The third kappa shape index (κ3) is 4.61. The largest absolute Gasteiger partial charge is 0.497 e. The fraction of sp³-hybridized carbons (Fsp3) is 0.318. The lowest BCUT2D eigenvalue weighted by Crippen LogP contribution is -2.43. The summed E-state index contributed by atoms with van der Waals surface area (Å²) in [6, 6.07) is 15.5. The summed E-state index contributed by atoms with van der Waals surface area (Å²) in [5.41, 5.74) is 2.20. The molecule has 8 nitrogen and oxygen atoms in total. The van der Waals surface area contributed by atoms with Crippen LogP contribution in [-0.4, -0.2) is 39.7 Å². The summed E-state index contributed by atoms with van der Waals surface area (Å²) in [5.74, 6) is 8.20. The van der Waals surface area contributed by atoms with Gasteiger partial charge in [0.2, 0.25) is 11.1 Å². The van der Waals surface area contributed by atoms with Crippen LogP contribution in [-0.2, 0) is 17.8 Å². The highest BCUT2D eigenvalue weighted by Crippen LogP contribution is 2.31. The van der Waals surface area contributed by atoms with Crippen molar-refractivity contribution in [3.63, 3.8) is 0 Å². The smallest absolute Gasteiger partial charge is 0.237 e. The fourth-order valence-electron chi connectivity index (χ4n) is 3.61. The van der Waals surface area contributed by atoms with E-state index in [1.54, 1.807) is 13.2 Å². The number of anilines is 1. The highest BCUT2D eigenvalue weighted by atomic mass is 32.2. The zero-order chi connectivity index (χ0) is 21.8. The number of carbonyl (C=O) groups excluding carboxylic acids is 1. The maximum atomic E-state index is 13.0. The van der Waals surface area contributed by atoms with Crippen LogP contribution >= 0.6 is 11.8 Å². The van der Waals surface area contributed by atoms with Crippen molar-refractivity contribution in [2.75, 3.05) is 23.6 Å². The van der Waals surface area contributed by atoms with E-state index in [4.69, 9.17) is 15.3 Å². The van der Waals surface area contributed by atoms with Crippen LogP contribution in [0.2, 0.25) is 0 Å². The second-order valence-corrected chi connectivity index (χ2v) is 8.25. The van der Waals surface area contributed by atoms with E-state index >= 15 is 0 Å². The number of aromatic nitrogens is 3. The topological polar surface area (TPSA) is 95.5 Å². The van der Waals surface area contributed by atoms with Gasteiger partial charge in [-0.25, -0.2) is 4.68 Å². The van der Waals surface area contributed by atoms with Gasteiger partial charge in [0, 0.05) is 17.8 Å². The number of thioether (sulfide) groups is 1. The van der Waals surface area contributed by atoms with Crippen molar-refractivity contribution in [2.24, 2.45) is 0 Å². The van der Waals surface area contributed by atoms with Gasteiger partial charge in [-0.3, -0.25) is 4.79 Å². The van der Waals surface area contributed by atoms with Gasteiger partial charge in [-0.1, -0.05) is 36.0 Å². The number of nitrogen functional groups attached to an aromatic ring is 1. The molecule has 162 valence electrons. The molecule has 1 atom stereocenters. The van der Waals surface area contributed by atoms with Crippen LogP contribution in [0.1, 0.15) is 24.7 Å². The number of para-hydroxylation sites is 1. The van der Waals surface area contributed by atoms with E-state index in [0.29, 0.717) is 22.5 Å². The molecule has 2 N–H and O–H groups in total. The highest BCUT2D eigenvalue weighted by molar-refractivity contribution is 7.99. The average molecular weight is 440 g/mol. The number of hydrogen-bond acceptors (Lipinski definition) is 7. The van der Waals surface area contributed by atoms with Crippen molar-refractivity contribution in [3.05, 3.63) is 59.9 Å². The molecule has 1 aliphatic heterocycles. The van der Waals surface area contributed by atoms with Gasteiger partial charge >= 0.3 is 0 Å². The fourth-order valence-corrected chi connectivity index (χ4v) is 4.34. The van der Waals surface area contributed by atoms with Crippen molar-refractivity contribution < 1.29 is 14.3 Å². The van der Waals surface area contributed by atoms with E-state index in [-0.39, 0.29) is 24.3 Å². The minimum absolute atomic E-state index is 0.0295. The number of rotatable bonds is 7.